The summed E-state index contributed by atoms with van der Waals surface area (Å²) in [5, 5.41) is 5.62. The second kappa shape index (κ2) is 6.20. The van der Waals surface area contributed by atoms with Crippen molar-refractivity contribution in [1.29, 1.82) is 0 Å². The fourth-order valence-electron chi connectivity index (χ4n) is 3.88. The summed E-state index contributed by atoms with van der Waals surface area (Å²) >= 11 is 1.59. The van der Waals surface area contributed by atoms with Crippen LogP contribution < -0.4 is 10.6 Å². The van der Waals surface area contributed by atoms with Gasteiger partial charge in [-0.15, -0.1) is 11.3 Å². The molecular weight excluding hydrogens is 326 g/mol. The van der Waals surface area contributed by atoms with Crippen LogP contribution in [0.1, 0.15) is 45.8 Å². The Morgan fingerprint density at radius 2 is 2.08 bits per heavy atom. The molecule has 4 rings (SSSR count). The maximum atomic E-state index is 12.6. The van der Waals surface area contributed by atoms with E-state index in [1.54, 1.807) is 16.2 Å². The van der Waals surface area contributed by atoms with Crippen LogP contribution in [0.15, 0.2) is 6.07 Å². The lowest BCUT2D eigenvalue weighted by Crippen LogP contribution is -2.55. The zero-order chi connectivity index (χ0) is 16.7. The molecule has 2 aliphatic heterocycles. The average molecular weight is 347 g/mol. The van der Waals surface area contributed by atoms with Crippen molar-refractivity contribution in [3.8, 4) is 0 Å². The van der Waals surface area contributed by atoms with Crippen molar-refractivity contribution in [3.63, 3.8) is 0 Å². The SMILES string of the molecule is O=C(N[C@@H]1C[C@H]2C(=O)NCC(=O)N2C1)c1cc2c(s1)CCCCC2. The highest BCUT2D eigenvalue weighted by Gasteiger charge is 2.42. The molecule has 3 heterocycles. The van der Waals surface area contributed by atoms with E-state index in [1.807, 2.05) is 6.07 Å². The molecule has 0 spiro atoms. The Morgan fingerprint density at radius 1 is 1.25 bits per heavy atom. The molecule has 0 unspecified atom stereocenters. The molecule has 1 aromatic heterocycles. The highest BCUT2D eigenvalue weighted by atomic mass is 32.1. The molecule has 0 aromatic carbocycles. The minimum atomic E-state index is -0.434. The van der Waals surface area contributed by atoms with Gasteiger partial charge < -0.3 is 15.5 Å². The topological polar surface area (TPSA) is 78.5 Å². The number of hydrogen-bond donors (Lipinski definition) is 2. The van der Waals surface area contributed by atoms with Gasteiger partial charge in [-0.05, 0) is 43.7 Å². The monoisotopic (exact) mass is 347 g/mol. The third-order valence-corrected chi connectivity index (χ3v) is 6.38. The fraction of sp³-hybridized carbons (Fsp3) is 0.588. The number of nitrogens with one attached hydrogen (secondary N) is 2. The predicted octanol–water partition coefficient (Wildman–Crippen LogP) is 0.846. The van der Waals surface area contributed by atoms with Gasteiger partial charge in [-0.1, -0.05) is 6.42 Å². The molecule has 0 bridgehead atoms. The van der Waals surface area contributed by atoms with E-state index in [4.69, 9.17) is 0 Å². The average Bonchev–Trinajstić information content (AvgIpc) is 3.11. The summed E-state index contributed by atoms with van der Waals surface area (Å²) in [5.74, 6) is -0.265. The molecule has 128 valence electrons. The Kier molecular flexibility index (Phi) is 4.04. The Balaban J connectivity index is 1.43. The maximum Gasteiger partial charge on any atom is 0.261 e. The lowest BCUT2D eigenvalue weighted by Gasteiger charge is -2.28. The first-order chi connectivity index (χ1) is 11.6. The van der Waals surface area contributed by atoms with Crippen molar-refractivity contribution in [2.24, 2.45) is 0 Å². The third kappa shape index (κ3) is 2.81. The summed E-state index contributed by atoms with van der Waals surface area (Å²) in [6.45, 7) is 0.487. The lowest BCUT2D eigenvalue weighted by atomic mass is 10.1. The minimum absolute atomic E-state index is 0.0631. The normalized spacial score (nSPS) is 26.4. The standard InChI is InChI=1S/C17H21N3O3S/c21-15-8-18-16(22)12-7-11(9-20(12)15)19-17(23)14-6-10-4-2-1-3-5-13(10)24-14/h6,11-12H,1-5,7-9H2,(H,18,22)(H,19,23)/t11-,12+/m1/s1. The van der Waals surface area contributed by atoms with Crippen LogP contribution in [0.25, 0.3) is 0 Å². The smallest absolute Gasteiger partial charge is 0.261 e. The van der Waals surface area contributed by atoms with Crippen LogP contribution in [-0.4, -0.2) is 47.8 Å². The molecule has 6 nitrogen and oxygen atoms in total. The van der Waals surface area contributed by atoms with Crippen molar-refractivity contribution in [2.45, 2.75) is 50.6 Å². The molecule has 3 aliphatic rings. The van der Waals surface area contributed by atoms with Gasteiger partial charge in [-0.25, -0.2) is 0 Å². The number of carbonyl (C=O) groups excluding carboxylic acids is 3. The molecule has 1 aromatic rings. The van der Waals surface area contributed by atoms with E-state index in [2.05, 4.69) is 10.6 Å². The number of carbonyl (C=O) groups is 3. The predicted molar refractivity (Wildman–Crippen MR) is 90.0 cm³/mol. The number of thiophene rings is 1. The fourth-order valence-corrected chi connectivity index (χ4v) is 5.04. The third-order valence-electron chi connectivity index (χ3n) is 5.14. The van der Waals surface area contributed by atoms with Gasteiger partial charge in [0.05, 0.1) is 11.4 Å². The summed E-state index contributed by atoms with van der Waals surface area (Å²) in [4.78, 5) is 40.0. The Morgan fingerprint density at radius 3 is 2.92 bits per heavy atom. The molecular formula is C17H21N3O3S. The molecule has 24 heavy (non-hydrogen) atoms. The number of nitrogens with zero attached hydrogens (tertiary/aromatic N) is 1. The van der Waals surface area contributed by atoms with Crippen LogP contribution in [0.2, 0.25) is 0 Å². The van der Waals surface area contributed by atoms with Crippen molar-refractivity contribution in [2.75, 3.05) is 13.1 Å². The largest absolute Gasteiger partial charge is 0.347 e. The van der Waals surface area contributed by atoms with Gasteiger partial charge in [0.25, 0.3) is 5.91 Å². The van der Waals surface area contributed by atoms with Crippen LogP contribution in [0, 0.1) is 0 Å². The molecule has 2 saturated heterocycles. The van der Waals surface area contributed by atoms with Crippen LogP contribution in [0.5, 0.6) is 0 Å². The first-order valence-electron chi connectivity index (χ1n) is 8.61. The van der Waals surface area contributed by atoms with E-state index in [9.17, 15) is 14.4 Å². The number of fused-ring (bicyclic) bond motifs is 2. The number of hydrogen-bond acceptors (Lipinski definition) is 4. The van der Waals surface area contributed by atoms with E-state index in [0.717, 1.165) is 17.7 Å². The summed E-state index contributed by atoms with van der Waals surface area (Å²) < 4.78 is 0. The van der Waals surface area contributed by atoms with E-state index in [0.29, 0.717) is 13.0 Å². The quantitative estimate of drug-likeness (QED) is 0.779. The van der Waals surface area contributed by atoms with Crippen molar-refractivity contribution in [3.05, 3.63) is 21.4 Å². The molecule has 2 atom stereocenters. The van der Waals surface area contributed by atoms with Crippen molar-refractivity contribution in [1.82, 2.24) is 15.5 Å². The van der Waals surface area contributed by atoms with Gasteiger partial charge in [0.1, 0.15) is 6.04 Å². The number of rotatable bonds is 2. The van der Waals surface area contributed by atoms with Crippen LogP contribution >= 0.6 is 11.3 Å². The molecule has 2 N–H and O–H groups in total. The summed E-state index contributed by atoms with van der Waals surface area (Å²) in [6, 6.07) is 1.44. The van der Waals surface area contributed by atoms with Gasteiger partial charge >= 0.3 is 0 Å². The molecule has 3 amide bonds. The Bertz CT molecular complexity index is 652. The van der Waals surface area contributed by atoms with E-state index >= 15 is 0 Å². The summed E-state index contributed by atoms with van der Waals surface area (Å²) in [7, 11) is 0. The first kappa shape index (κ1) is 15.6. The van der Waals surface area contributed by atoms with Gasteiger partial charge in [0.15, 0.2) is 0 Å². The van der Waals surface area contributed by atoms with E-state index in [1.165, 1.54) is 29.7 Å². The Hall–Kier alpha value is -1.89. The molecule has 0 saturated carbocycles. The molecule has 7 heteroatoms. The van der Waals surface area contributed by atoms with Crippen molar-refractivity contribution >= 4 is 29.1 Å². The van der Waals surface area contributed by atoms with Crippen LogP contribution in [-0.2, 0) is 22.4 Å². The second-order valence-electron chi connectivity index (χ2n) is 6.81. The van der Waals surface area contributed by atoms with Gasteiger partial charge in [0.2, 0.25) is 11.8 Å². The number of piperazine rings is 1. The summed E-state index contributed by atoms with van der Waals surface area (Å²) in [6.07, 6.45) is 6.29. The maximum absolute atomic E-state index is 12.6. The first-order valence-corrected chi connectivity index (χ1v) is 9.43. The van der Waals surface area contributed by atoms with Crippen LogP contribution in [0.3, 0.4) is 0 Å². The number of aryl methyl sites for hydroxylation is 2. The summed E-state index contributed by atoms with van der Waals surface area (Å²) in [5.41, 5.74) is 1.32. The van der Waals surface area contributed by atoms with Gasteiger partial charge in [-0.3, -0.25) is 14.4 Å². The van der Waals surface area contributed by atoms with Crippen LogP contribution in [0.4, 0.5) is 0 Å². The molecule has 2 fully saturated rings. The highest BCUT2D eigenvalue weighted by Crippen LogP contribution is 2.29. The number of amides is 3. The zero-order valence-corrected chi connectivity index (χ0v) is 14.3. The van der Waals surface area contributed by atoms with E-state index in [-0.39, 0.29) is 30.3 Å². The van der Waals surface area contributed by atoms with Crippen molar-refractivity contribution < 1.29 is 14.4 Å². The highest BCUT2D eigenvalue weighted by molar-refractivity contribution is 7.14. The van der Waals surface area contributed by atoms with Gasteiger partial charge in [-0.2, -0.15) is 0 Å². The molecule has 0 radical (unpaired) electrons. The zero-order valence-electron chi connectivity index (χ0n) is 13.5. The lowest BCUT2D eigenvalue weighted by molar-refractivity contribution is -0.143. The second-order valence-corrected chi connectivity index (χ2v) is 7.94. The molecule has 1 aliphatic carbocycles. The van der Waals surface area contributed by atoms with Gasteiger partial charge in [0, 0.05) is 17.5 Å². The van der Waals surface area contributed by atoms with E-state index < -0.39 is 6.04 Å². The Labute approximate surface area is 144 Å². The minimum Gasteiger partial charge on any atom is -0.347 e.